The summed E-state index contributed by atoms with van der Waals surface area (Å²) >= 11 is 0. The van der Waals surface area contributed by atoms with E-state index in [0.717, 1.165) is 0 Å². The van der Waals surface area contributed by atoms with Gasteiger partial charge in [-0.1, -0.05) is 5.92 Å². The summed E-state index contributed by atoms with van der Waals surface area (Å²) in [5, 5.41) is 8.51. The highest BCUT2D eigenvalue weighted by Crippen LogP contribution is 2.04. The molecule has 0 unspecified atom stereocenters. The van der Waals surface area contributed by atoms with Gasteiger partial charge in [-0.15, -0.1) is 6.42 Å². The summed E-state index contributed by atoms with van der Waals surface area (Å²) in [5.74, 6) is 0.879. The molecule has 0 aliphatic heterocycles. The predicted octanol–water partition coefficient (Wildman–Crippen LogP) is 0.187. The van der Waals surface area contributed by atoms with Gasteiger partial charge in [0.05, 0.1) is 0 Å². The summed E-state index contributed by atoms with van der Waals surface area (Å²) in [7, 11) is 0. The van der Waals surface area contributed by atoms with E-state index < -0.39 is 5.97 Å². The minimum atomic E-state index is -1.20. The maximum atomic E-state index is 10.4. The van der Waals surface area contributed by atoms with Gasteiger partial charge in [0.2, 0.25) is 11.7 Å². The molecule has 0 atom stereocenters. The monoisotopic (exact) mass is 178 g/mol. The molecule has 5 heteroatoms. The molecule has 1 aromatic heterocycles. The molecule has 5 nitrogen and oxygen atoms in total. The zero-order chi connectivity index (χ0) is 9.68. The fourth-order valence-electron chi connectivity index (χ4n) is 0.641. The molecule has 1 heterocycles. The van der Waals surface area contributed by atoms with Crippen LogP contribution in [-0.4, -0.2) is 27.7 Å². The highest BCUT2D eigenvalue weighted by molar-refractivity contribution is 5.83. The largest absolute Gasteiger partial charge is 0.475 e. The molecule has 0 aromatic carbocycles. The Morgan fingerprint density at radius 2 is 2.54 bits per heavy atom. The third-order valence-electron chi connectivity index (χ3n) is 1.12. The number of aromatic nitrogens is 2. The molecule has 0 radical (unpaired) electrons. The highest BCUT2D eigenvalue weighted by Gasteiger charge is 2.06. The van der Waals surface area contributed by atoms with E-state index in [-0.39, 0.29) is 18.3 Å². The molecule has 0 bridgehead atoms. The number of ether oxygens (including phenoxy) is 1. The molecule has 13 heavy (non-hydrogen) atoms. The maximum Gasteiger partial charge on any atom is 0.374 e. The summed E-state index contributed by atoms with van der Waals surface area (Å²) in [4.78, 5) is 17.5. The Kier molecular flexibility index (Phi) is 2.82. The van der Waals surface area contributed by atoms with Crippen molar-refractivity contribution in [3.05, 3.63) is 18.1 Å². The van der Waals surface area contributed by atoms with Gasteiger partial charge in [-0.2, -0.15) is 4.98 Å². The van der Waals surface area contributed by atoms with E-state index in [0.29, 0.717) is 0 Å². The lowest BCUT2D eigenvalue weighted by Crippen LogP contribution is -2.05. The zero-order valence-electron chi connectivity index (χ0n) is 6.60. The van der Waals surface area contributed by atoms with Crippen molar-refractivity contribution >= 4 is 5.97 Å². The highest BCUT2D eigenvalue weighted by atomic mass is 16.5. The summed E-state index contributed by atoms with van der Waals surface area (Å²) in [5.41, 5.74) is 0. The summed E-state index contributed by atoms with van der Waals surface area (Å²) < 4.78 is 4.90. The van der Waals surface area contributed by atoms with Crippen molar-refractivity contribution in [3.8, 4) is 18.2 Å². The van der Waals surface area contributed by atoms with E-state index in [9.17, 15) is 4.79 Å². The van der Waals surface area contributed by atoms with Crippen LogP contribution in [0.5, 0.6) is 5.88 Å². The number of rotatable bonds is 3. The Hall–Kier alpha value is -2.09. The predicted molar refractivity (Wildman–Crippen MR) is 43.3 cm³/mol. The number of carbonyl (C=O) groups is 1. The smallest absolute Gasteiger partial charge is 0.374 e. The molecule has 1 N–H and O–H groups in total. The van der Waals surface area contributed by atoms with E-state index in [4.69, 9.17) is 16.3 Å². The van der Waals surface area contributed by atoms with Crippen molar-refractivity contribution in [1.82, 2.24) is 9.97 Å². The minimum absolute atomic E-state index is 0.0517. The van der Waals surface area contributed by atoms with E-state index in [1.165, 1.54) is 12.3 Å². The van der Waals surface area contributed by atoms with Crippen molar-refractivity contribution < 1.29 is 14.6 Å². The van der Waals surface area contributed by atoms with Crippen molar-refractivity contribution in [2.24, 2.45) is 0 Å². The van der Waals surface area contributed by atoms with Gasteiger partial charge in [0.1, 0.15) is 0 Å². The van der Waals surface area contributed by atoms with Crippen LogP contribution in [-0.2, 0) is 0 Å². The number of carboxylic acid groups (broad SMARTS) is 1. The van der Waals surface area contributed by atoms with E-state index >= 15 is 0 Å². The number of carboxylic acids is 1. The fourth-order valence-corrected chi connectivity index (χ4v) is 0.641. The topological polar surface area (TPSA) is 72.3 Å². The van der Waals surface area contributed by atoms with Gasteiger partial charge in [-0.05, 0) is 0 Å². The second-order valence-electron chi connectivity index (χ2n) is 2.02. The number of terminal acetylenes is 1. The van der Waals surface area contributed by atoms with E-state index in [2.05, 4.69) is 15.9 Å². The van der Waals surface area contributed by atoms with Gasteiger partial charge >= 0.3 is 5.97 Å². The number of hydrogen-bond donors (Lipinski definition) is 1. The van der Waals surface area contributed by atoms with E-state index in [1.54, 1.807) is 0 Å². The molecular weight excluding hydrogens is 172 g/mol. The molecule has 1 aromatic rings. The average molecular weight is 178 g/mol. The van der Waals surface area contributed by atoms with Crippen LogP contribution in [0, 0.1) is 12.3 Å². The van der Waals surface area contributed by atoms with Gasteiger partial charge in [-0.25, -0.2) is 9.78 Å². The second-order valence-corrected chi connectivity index (χ2v) is 2.02. The van der Waals surface area contributed by atoms with Crippen LogP contribution in [0.25, 0.3) is 0 Å². The van der Waals surface area contributed by atoms with Gasteiger partial charge in [0.15, 0.2) is 6.61 Å². The lowest BCUT2D eigenvalue weighted by Gasteiger charge is -1.99. The third-order valence-corrected chi connectivity index (χ3v) is 1.12. The third kappa shape index (κ3) is 2.45. The fraction of sp³-hybridized carbons (Fsp3) is 0.125. The van der Waals surface area contributed by atoms with Crippen molar-refractivity contribution in [1.29, 1.82) is 0 Å². The van der Waals surface area contributed by atoms with Crippen LogP contribution in [0.1, 0.15) is 10.6 Å². The first kappa shape index (κ1) is 9.00. The molecule has 0 saturated carbocycles. The first-order valence-corrected chi connectivity index (χ1v) is 3.36. The van der Waals surface area contributed by atoms with Crippen LogP contribution in [0.15, 0.2) is 12.3 Å². The van der Waals surface area contributed by atoms with Gasteiger partial charge < -0.3 is 9.84 Å². The van der Waals surface area contributed by atoms with Crippen LogP contribution in [0.2, 0.25) is 0 Å². The van der Waals surface area contributed by atoms with Gasteiger partial charge in [-0.3, -0.25) is 0 Å². The summed E-state index contributed by atoms with van der Waals surface area (Å²) in [6.45, 7) is 0.0517. The van der Waals surface area contributed by atoms with Crippen LogP contribution in [0.3, 0.4) is 0 Å². The van der Waals surface area contributed by atoms with Crippen molar-refractivity contribution in [3.63, 3.8) is 0 Å². The summed E-state index contributed by atoms with van der Waals surface area (Å²) in [6, 6.07) is 1.43. The number of nitrogens with zero attached hydrogens (tertiary/aromatic N) is 2. The average Bonchev–Trinajstić information content (AvgIpc) is 2.15. The zero-order valence-corrected chi connectivity index (χ0v) is 6.60. The van der Waals surface area contributed by atoms with E-state index in [1.807, 2.05) is 0 Å². The number of hydrogen-bond acceptors (Lipinski definition) is 4. The Bertz CT molecular complexity index is 357. The molecule has 0 spiro atoms. The molecule has 0 saturated heterocycles. The molecule has 0 aliphatic carbocycles. The van der Waals surface area contributed by atoms with Crippen molar-refractivity contribution in [2.75, 3.05) is 6.61 Å². The number of aromatic carboxylic acids is 1. The normalized spacial score (nSPS) is 8.85. The Morgan fingerprint density at radius 1 is 1.77 bits per heavy atom. The van der Waals surface area contributed by atoms with Gasteiger partial charge in [0, 0.05) is 12.3 Å². The Labute approximate surface area is 74.4 Å². The van der Waals surface area contributed by atoms with Crippen LogP contribution in [0.4, 0.5) is 0 Å². The lowest BCUT2D eigenvalue weighted by atomic mass is 10.5. The first-order chi connectivity index (χ1) is 6.24. The summed E-state index contributed by atoms with van der Waals surface area (Å²) in [6.07, 6.45) is 6.23. The minimum Gasteiger partial charge on any atom is -0.475 e. The van der Waals surface area contributed by atoms with Crippen molar-refractivity contribution in [2.45, 2.75) is 0 Å². The van der Waals surface area contributed by atoms with Crippen LogP contribution >= 0.6 is 0 Å². The first-order valence-electron chi connectivity index (χ1n) is 3.36. The quantitative estimate of drug-likeness (QED) is 0.668. The lowest BCUT2D eigenvalue weighted by molar-refractivity contribution is 0.0682. The molecular formula is C8H6N2O3. The standard InChI is InChI=1S/C8H6N2O3/c1-2-5-13-6-3-4-9-7(10-6)8(11)12/h1,3-4H,5H2,(H,11,12). The Balaban J connectivity index is 2.80. The van der Waals surface area contributed by atoms with Crippen LogP contribution < -0.4 is 4.74 Å². The maximum absolute atomic E-state index is 10.4. The second kappa shape index (κ2) is 4.07. The SMILES string of the molecule is C#CCOc1ccnc(C(=O)O)n1. The molecule has 0 aliphatic rings. The molecule has 1 rings (SSSR count). The Morgan fingerprint density at radius 3 is 3.15 bits per heavy atom. The molecule has 66 valence electrons. The molecule has 0 fully saturated rings. The molecule has 0 amide bonds. The van der Waals surface area contributed by atoms with Gasteiger partial charge in [0.25, 0.3) is 0 Å².